The van der Waals surface area contributed by atoms with E-state index in [1.54, 1.807) is 0 Å². The van der Waals surface area contributed by atoms with E-state index in [9.17, 15) is 18.9 Å². The zero-order chi connectivity index (χ0) is 14.0. The van der Waals surface area contributed by atoms with Crippen molar-refractivity contribution in [3.05, 3.63) is 33.9 Å². The Morgan fingerprint density at radius 2 is 2.16 bits per heavy atom. The van der Waals surface area contributed by atoms with Gasteiger partial charge in [0, 0.05) is 29.9 Å². The molecule has 0 saturated heterocycles. The van der Waals surface area contributed by atoms with Gasteiger partial charge in [0.1, 0.15) is 0 Å². The van der Waals surface area contributed by atoms with E-state index in [0.717, 1.165) is 6.07 Å². The maximum Gasteiger partial charge on any atom is 0.270 e. The minimum Gasteiger partial charge on any atom is -0.384 e. The van der Waals surface area contributed by atoms with E-state index in [2.05, 4.69) is 12.2 Å². The summed E-state index contributed by atoms with van der Waals surface area (Å²) in [6.45, 7) is 2.69. The third kappa shape index (κ3) is 3.39. The molecule has 0 aromatic heterocycles. The minimum atomic E-state index is -2.72. The predicted molar refractivity (Wildman–Crippen MR) is 68.4 cm³/mol. The van der Waals surface area contributed by atoms with Crippen LogP contribution in [0.15, 0.2) is 18.2 Å². The summed E-state index contributed by atoms with van der Waals surface area (Å²) in [5.74, 6) is 1.11. The first kappa shape index (κ1) is 13.7. The number of non-ortho nitro benzene ring substituents is 1. The lowest BCUT2D eigenvalue weighted by Crippen LogP contribution is -2.14. The molecule has 19 heavy (non-hydrogen) atoms. The highest BCUT2D eigenvalue weighted by molar-refractivity contribution is 5.56. The van der Waals surface area contributed by atoms with Crippen LogP contribution < -0.4 is 5.32 Å². The summed E-state index contributed by atoms with van der Waals surface area (Å²) in [6, 6.07) is 3.55. The third-order valence-electron chi connectivity index (χ3n) is 3.52. The Bertz CT molecular complexity index is 476. The van der Waals surface area contributed by atoms with E-state index in [1.165, 1.54) is 25.0 Å². The van der Waals surface area contributed by atoms with Gasteiger partial charge in [-0.3, -0.25) is 10.1 Å². The van der Waals surface area contributed by atoms with Gasteiger partial charge in [-0.2, -0.15) is 0 Å². The first-order chi connectivity index (χ1) is 8.99. The maximum atomic E-state index is 12.9. The largest absolute Gasteiger partial charge is 0.384 e. The summed E-state index contributed by atoms with van der Waals surface area (Å²) in [6.07, 6.45) is -0.325. The lowest BCUT2D eigenvalue weighted by molar-refractivity contribution is -0.385. The molecule has 0 spiro atoms. The van der Waals surface area contributed by atoms with E-state index in [4.69, 9.17) is 0 Å². The predicted octanol–water partition coefficient (Wildman–Crippen LogP) is 3.99. The Kier molecular flexibility index (Phi) is 3.97. The second-order valence-electron chi connectivity index (χ2n) is 5.02. The highest BCUT2D eigenvalue weighted by Crippen LogP contribution is 2.37. The SMILES string of the molecule is CC(CNc1ccc([N+](=O)[O-])cc1C(F)F)C1CC1. The van der Waals surface area contributed by atoms with Gasteiger partial charge in [0.2, 0.25) is 0 Å². The number of benzene rings is 1. The van der Waals surface area contributed by atoms with Crippen molar-refractivity contribution in [2.45, 2.75) is 26.2 Å². The monoisotopic (exact) mass is 270 g/mol. The van der Waals surface area contributed by atoms with Gasteiger partial charge in [-0.25, -0.2) is 8.78 Å². The Labute approximate surface area is 110 Å². The molecule has 4 nitrogen and oxygen atoms in total. The van der Waals surface area contributed by atoms with Crippen molar-refractivity contribution < 1.29 is 13.7 Å². The number of alkyl halides is 2. The Balaban J connectivity index is 2.11. The second kappa shape index (κ2) is 5.50. The quantitative estimate of drug-likeness (QED) is 0.628. The van der Waals surface area contributed by atoms with Crippen molar-refractivity contribution in [2.24, 2.45) is 11.8 Å². The van der Waals surface area contributed by atoms with Crippen LogP contribution in [0.2, 0.25) is 0 Å². The van der Waals surface area contributed by atoms with Crippen molar-refractivity contribution in [1.29, 1.82) is 0 Å². The fourth-order valence-electron chi connectivity index (χ4n) is 2.11. The zero-order valence-electron chi connectivity index (χ0n) is 10.6. The molecule has 104 valence electrons. The Morgan fingerprint density at radius 1 is 1.47 bits per heavy atom. The molecule has 1 saturated carbocycles. The van der Waals surface area contributed by atoms with Crippen molar-refractivity contribution in [3.8, 4) is 0 Å². The average molecular weight is 270 g/mol. The second-order valence-corrected chi connectivity index (χ2v) is 5.02. The summed E-state index contributed by atoms with van der Waals surface area (Å²) >= 11 is 0. The van der Waals surface area contributed by atoms with Crippen molar-refractivity contribution in [2.75, 3.05) is 11.9 Å². The molecule has 0 bridgehead atoms. The van der Waals surface area contributed by atoms with E-state index in [0.29, 0.717) is 18.4 Å². The third-order valence-corrected chi connectivity index (χ3v) is 3.52. The number of nitro benzene ring substituents is 1. The smallest absolute Gasteiger partial charge is 0.270 e. The standard InChI is InChI=1S/C13H16F2N2O2/c1-8(9-2-3-9)7-16-12-5-4-10(17(18)19)6-11(12)13(14)15/h4-6,8-9,13,16H,2-3,7H2,1H3. The first-order valence-electron chi connectivity index (χ1n) is 6.29. The molecule has 1 fully saturated rings. The van der Waals surface area contributed by atoms with Crippen LogP contribution in [0.3, 0.4) is 0 Å². The first-order valence-corrected chi connectivity index (χ1v) is 6.29. The van der Waals surface area contributed by atoms with Crippen LogP contribution in [-0.2, 0) is 0 Å². The summed E-state index contributed by atoms with van der Waals surface area (Å²) in [5, 5.41) is 13.6. The maximum absolute atomic E-state index is 12.9. The Hall–Kier alpha value is -1.72. The lowest BCUT2D eigenvalue weighted by atomic mass is 10.1. The summed E-state index contributed by atoms with van der Waals surface area (Å²) in [5.41, 5.74) is -0.332. The molecule has 0 radical (unpaired) electrons. The average Bonchev–Trinajstić information content (AvgIpc) is 3.19. The molecule has 1 aliphatic rings. The van der Waals surface area contributed by atoms with Crippen LogP contribution in [-0.4, -0.2) is 11.5 Å². The lowest BCUT2D eigenvalue weighted by Gasteiger charge is -2.15. The fourth-order valence-corrected chi connectivity index (χ4v) is 2.11. The molecule has 1 unspecified atom stereocenters. The number of nitrogens with one attached hydrogen (secondary N) is 1. The van der Waals surface area contributed by atoms with Crippen LogP contribution in [0.4, 0.5) is 20.2 Å². The summed E-state index contributed by atoms with van der Waals surface area (Å²) in [4.78, 5) is 9.93. The molecule has 0 aliphatic heterocycles. The molecule has 0 heterocycles. The van der Waals surface area contributed by atoms with Crippen LogP contribution in [0.25, 0.3) is 0 Å². The van der Waals surface area contributed by atoms with Gasteiger partial charge < -0.3 is 5.32 Å². The highest BCUT2D eigenvalue weighted by atomic mass is 19.3. The molecule has 1 N–H and O–H groups in total. The topological polar surface area (TPSA) is 55.2 Å². The van der Waals surface area contributed by atoms with Gasteiger partial charge in [-0.1, -0.05) is 6.92 Å². The van der Waals surface area contributed by atoms with Crippen LogP contribution >= 0.6 is 0 Å². The number of rotatable bonds is 6. The normalized spacial score (nSPS) is 16.4. The number of halogens is 2. The van der Waals surface area contributed by atoms with Gasteiger partial charge in [-0.15, -0.1) is 0 Å². The molecule has 2 rings (SSSR count). The van der Waals surface area contributed by atoms with Crippen LogP contribution in [0, 0.1) is 22.0 Å². The van der Waals surface area contributed by atoms with E-state index >= 15 is 0 Å². The van der Waals surface area contributed by atoms with Gasteiger partial charge >= 0.3 is 0 Å². The minimum absolute atomic E-state index is 0.285. The van der Waals surface area contributed by atoms with Crippen molar-refractivity contribution in [3.63, 3.8) is 0 Å². The van der Waals surface area contributed by atoms with E-state index < -0.39 is 11.3 Å². The number of nitro groups is 1. The molecule has 1 aromatic carbocycles. The summed E-state index contributed by atoms with van der Waals surface area (Å²) in [7, 11) is 0. The van der Waals surface area contributed by atoms with Crippen molar-refractivity contribution >= 4 is 11.4 Å². The van der Waals surface area contributed by atoms with Crippen LogP contribution in [0.5, 0.6) is 0 Å². The van der Waals surface area contributed by atoms with E-state index in [1.807, 2.05) is 0 Å². The molecular formula is C13H16F2N2O2. The molecular weight excluding hydrogens is 254 g/mol. The highest BCUT2D eigenvalue weighted by Gasteiger charge is 2.28. The van der Waals surface area contributed by atoms with Gasteiger partial charge in [-0.05, 0) is 30.7 Å². The van der Waals surface area contributed by atoms with E-state index in [-0.39, 0.29) is 16.9 Å². The number of hydrogen-bond acceptors (Lipinski definition) is 3. The number of hydrogen-bond donors (Lipinski definition) is 1. The number of anilines is 1. The molecule has 1 aliphatic carbocycles. The molecule has 1 aromatic rings. The fraction of sp³-hybridized carbons (Fsp3) is 0.538. The van der Waals surface area contributed by atoms with Gasteiger partial charge in [0.25, 0.3) is 12.1 Å². The zero-order valence-corrected chi connectivity index (χ0v) is 10.6. The number of nitrogens with zero attached hydrogens (tertiary/aromatic N) is 1. The summed E-state index contributed by atoms with van der Waals surface area (Å²) < 4.78 is 25.8. The van der Waals surface area contributed by atoms with Gasteiger partial charge in [0.05, 0.1) is 4.92 Å². The molecule has 6 heteroatoms. The molecule has 1 atom stereocenters. The van der Waals surface area contributed by atoms with Crippen molar-refractivity contribution in [1.82, 2.24) is 0 Å². The van der Waals surface area contributed by atoms with Crippen LogP contribution in [0.1, 0.15) is 31.8 Å². The Morgan fingerprint density at radius 3 is 2.68 bits per heavy atom. The van der Waals surface area contributed by atoms with Gasteiger partial charge in [0.15, 0.2) is 0 Å². The molecule has 0 amide bonds.